The Morgan fingerprint density at radius 1 is 1.35 bits per heavy atom. The zero-order valence-corrected chi connectivity index (χ0v) is 10.8. The summed E-state index contributed by atoms with van der Waals surface area (Å²) in [6, 6.07) is 4.51. The Kier molecular flexibility index (Phi) is 5.09. The minimum absolute atomic E-state index is 0.0181. The number of hydrogen-bond donors (Lipinski definition) is 2. The summed E-state index contributed by atoms with van der Waals surface area (Å²) in [5, 5.41) is 10.3. The summed E-state index contributed by atoms with van der Waals surface area (Å²) in [4.78, 5) is 0. The molecule has 0 saturated heterocycles. The largest absolute Gasteiger partial charge is 0.388 e. The molecule has 0 spiro atoms. The first-order valence-corrected chi connectivity index (χ1v) is 6.09. The Balaban J connectivity index is 2.92. The lowest BCUT2D eigenvalue weighted by Gasteiger charge is -2.24. The second kappa shape index (κ2) is 6.12. The van der Waals surface area contributed by atoms with Crippen LogP contribution in [0.1, 0.15) is 37.5 Å². The zero-order chi connectivity index (χ0) is 13.0. The summed E-state index contributed by atoms with van der Waals surface area (Å²) in [6.45, 7) is 6.47. The minimum Gasteiger partial charge on any atom is -0.388 e. The first-order valence-electron chi connectivity index (χ1n) is 6.09. The van der Waals surface area contributed by atoms with Crippen molar-refractivity contribution in [2.75, 3.05) is 6.54 Å². The predicted octanol–water partition coefficient (Wildman–Crippen LogP) is 2.79. The summed E-state index contributed by atoms with van der Waals surface area (Å²) in [7, 11) is 0. The fraction of sp³-hybridized carbons (Fsp3) is 0.571. The highest BCUT2D eigenvalue weighted by Gasteiger charge is 2.22. The van der Waals surface area contributed by atoms with Gasteiger partial charge in [-0.15, -0.1) is 0 Å². The first kappa shape index (κ1) is 14.1. The summed E-state index contributed by atoms with van der Waals surface area (Å²) in [6.07, 6.45) is 0.159. The van der Waals surface area contributed by atoms with Crippen LogP contribution >= 0.6 is 0 Å². The van der Waals surface area contributed by atoms with Crippen molar-refractivity contribution < 1.29 is 9.50 Å². The molecule has 0 aliphatic heterocycles. The van der Waals surface area contributed by atoms with Gasteiger partial charge >= 0.3 is 0 Å². The smallest absolute Gasteiger partial charge is 0.123 e. The van der Waals surface area contributed by atoms with E-state index in [0.717, 1.165) is 12.0 Å². The molecule has 0 heterocycles. The Morgan fingerprint density at radius 2 is 2.00 bits per heavy atom. The van der Waals surface area contributed by atoms with Crippen LogP contribution in [-0.2, 0) is 0 Å². The van der Waals surface area contributed by atoms with Crippen molar-refractivity contribution in [3.8, 4) is 0 Å². The molecule has 0 bridgehead atoms. The summed E-state index contributed by atoms with van der Waals surface area (Å²) < 4.78 is 13.2. The number of aliphatic hydroxyl groups excluding tert-OH is 1. The number of nitrogens with two attached hydrogens (primary N) is 1. The molecular formula is C14H22FNO. The van der Waals surface area contributed by atoms with Gasteiger partial charge in [0.05, 0.1) is 6.10 Å². The molecule has 3 N–H and O–H groups in total. The maximum atomic E-state index is 13.2. The predicted molar refractivity (Wildman–Crippen MR) is 68.1 cm³/mol. The molecule has 0 aliphatic rings. The molecule has 1 rings (SSSR count). The summed E-state index contributed by atoms with van der Waals surface area (Å²) in [5.74, 6) is 0.132. The molecule has 1 aromatic carbocycles. The zero-order valence-electron chi connectivity index (χ0n) is 10.8. The molecule has 1 aromatic rings. The van der Waals surface area contributed by atoms with E-state index in [2.05, 4.69) is 13.8 Å². The van der Waals surface area contributed by atoms with Crippen molar-refractivity contribution in [1.29, 1.82) is 0 Å². The van der Waals surface area contributed by atoms with E-state index in [1.54, 1.807) is 6.07 Å². The topological polar surface area (TPSA) is 46.2 Å². The average Bonchev–Trinajstić information content (AvgIpc) is 2.28. The number of benzene rings is 1. The normalized spacial score (nSPS) is 15.0. The van der Waals surface area contributed by atoms with Crippen molar-refractivity contribution in [1.82, 2.24) is 0 Å². The Labute approximate surface area is 103 Å². The van der Waals surface area contributed by atoms with Crippen LogP contribution in [-0.4, -0.2) is 11.7 Å². The summed E-state index contributed by atoms with van der Waals surface area (Å²) >= 11 is 0. The molecule has 17 heavy (non-hydrogen) atoms. The highest BCUT2D eigenvalue weighted by Crippen LogP contribution is 2.29. The van der Waals surface area contributed by atoms with Gasteiger partial charge in [0.25, 0.3) is 0 Å². The molecule has 96 valence electrons. The first-order chi connectivity index (χ1) is 7.95. The highest BCUT2D eigenvalue weighted by molar-refractivity contribution is 5.29. The van der Waals surface area contributed by atoms with Gasteiger partial charge in [-0.1, -0.05) is 19.9 Å². The average molecular weight is 239 g/mol. The van der Waals surface area contributed by atoms with Crippen LogP contribution in [0.2, 0.25) is 0 Å². The van der Waals surface area contributed by atoms with Crippen LogP contribution in [0.4, 0.5) is 4.39 Å². The van der Waals surface area contributed by atoms with Crippen LogP contribution in [0.25, 0.3) is 0 Å². The van der Waals surface area contributed by atoms with E-state index < -0.39 is 6.10 Å². The molecule has 0 aliphatic carbocycles. The molecule has 3 heteroatoms. The minimum atomic E-state index is -0.682. The molecule has 2 nitrogen and oxygen atoms in total. The van der Waals surface area contributed by atoms with E-state index in [4.69, 9.17) is 5.73 Å². The van der Waals surface area contributed by atoms with Crippen LogP contribution in [0.5, 0.6) is 0 Å². The third kappa shape index (κ3) is 3.79. The highest BCUT2D eigenvalue weighted by atomic mass is 19.1. The molecule has 0 amide bonds. The molecule has 0 fully saturated rings. The standard InChI is InChI=1S/C14H22FNO/c1-9(2)6-11(8-16)14(17)13-7-12(15)5-4-10(13)3/h4-5,7,9,11,14,17H,6,8,16H2,1-3H3. The van der Waals surface area contributed by atoms with E-state index in [9.17, 15) is 9.50 Å². The lowest BCUT2D eigenvalue weighted by atomic mass is 9.87. The fourth-order valence-electron chi connectivity index (χ4n) is 2.14. The van der Waals surface area contributed by atoms with Gasteiger partial charge in [0.1, 0.15) is 5.82 Å². The second-order valence-corrected chi connectivity index (χ2v) is 5.07. The van der Waals surface area contributed by atoms with E-state index in [1.807, 2.05) is 6.92 Å². The number of aliphatic hydroxyl groups is 1. The van der Waals surface area contributed by atoms with Gasteiger partial charge in [-0.3, -0.25) is 0 Å². The van der Waals surface area contributed by atoms with Gasteiger partial charge < -0.3 is 10.8 Å². The van der Waals surface area contributed by atoms with Crippen molar-refractivity contribution in [3.63, 3.8) is 0 Å². The Morgan fingerprint density at radius 3 is 2.53 bits per heavy atom. The third-order valence-electron chi connectivity index (χ3n) is 3.08. The van der Waals surface area contributed by atoms with E-state index in [-0.39, 0.29) is 11.7 Å². The maximum absolute atomic E-state index is 13.2. The quantitative estimate of drug-likeness (QED) is 0.830. The fourth-order valence-corrected chi connectivity index (χ4v) is 2.14. The lowest BCUT2D eigenvalue weighted by Crippen LogP contribution is -2.24. The van der Waals surface area contributed by atoms with Crippen LogP contribution in [0, 0.1) is 24.6 Å². The Bertz CT molecular complexity index is 365. The van der Waals surface area contributed by atoms with Gasteiger partial charge in [0, 0.05) is 5.92 Å². The molecule has 2 atom stereocenters. The van der Waals surface area contributed by atoms with E-state index in [1.165, 1.54) is 12.1 Å². The third-order valence-corrected chi connectivity index (χ3v) is 3.08. The van der Waals surface area contributed by atoms with Gasteiger partial charge in [0.15, 0.2) is 0 Å². The molecule has 0 saturated carbocycles. The van der Waals surface area contributed by atoms with Gasteiger partial charge in [-0.05, 0) is 49.1 Å². The van der Waals surface area contributed by atoms with Crippen molar-refractivity contribution >= 4 is 0 Å². The summed E-state index contributed by atoms with van der Waals surface area (Å²) in [5.41, 5.74) is 7.25. The number of halogens is 1. The number of rotatable bonds is 5. The van der Waals surface area contributed by atoms with Crippen molar-refractivity contribution in [3.05, 3.63) is 35.1 Å². The van der Waals surface area contributed by atoms with Gasteiger partial charge in [0.2, 0.25) is 0 Å². The number of hydrogen-bond acceptors (Lipinski definition) is 2. The molecule has 0 aromatic heterocycles. The van der Waals surface area contributed by atoms with E-state index in [0.29, 0.717) is 18.0 Å². The van der Waals surface area contributed by atoms with E-state index >= 15 is 0 Å². The van der Waals surface area contributed by atoms with Crippen LogP contribution < -0.4 is 5.73 Å². The van der Waals surface area contributed by atoms with Crippen LogP contribution in [0.15, 0.2) is 18.2 Å². The Hall–Kier alpha value is -0.930. The SMILES string of the molecule is Cc1ccc(F)cc1C(O)C(CN)CC(C)C. The van der Waals surface area contributed by atoms with Crippen LogP contribution in [0.3, 0.4) is 0 Å². The maximum Gasteiger partial charge on any atom is 0.123 e. The molecular weight excluding hydrogens is 217 g/mol. The van der Waals surface area contributed by atoms with Crippen molar-refractivity contribution in [2.24, 2.45) is 17.6 Å². The molecule has 0 radical (unpaired) electrons. The second-order valence-electron chi connectivity index (χ2n) is 5.07. The number of aryl methyl sites for hydroxylation is 1. The lowest BCUT2D eigenvalue weighted by molar-refractivity contribution is 0.0986. The monoisotopic (exact) mass is 239 g/mol. The van der Waals surface area contributed by atoms with Gasteiger partial charge in [-0.2, -0.15) is 0 Å². The molecule has 2 unspecified atom stereocenters. The van der Waals surface area contributed by atoms with Gasteiger partial charge in [-0.25, -0.2) is 4.39 Å². The van der Waals surface area contributed by atoms with Crippen molar-refractivity contribution in [2.45, 2.75) is 33.3 Å².